The van der Waals surface area contributed by atoms with Gasteiger partial charge in [0.15, 0.2) is 0 Å². The molecule has 24 heavy (non-hydrogen) atoms. The average molecular weight is 337 g/mol. The van der Waals surface area contributed by atoms with Gasteiger partial charge in [-0.1, -0.05) is 20.8 Å². The van der Waals surface area contributed by atoms with Gasteiger partial charge in [-0.05, 0) is 38.1 Å². The molecule has 136 valence electrons. The van der Waals surface area contributed by atoms with E-state index in [0.717, 1.165) is 52.0 Å². The van der Waals surface area contributed by atoms with Gasteiger partial charge in [0.2, 0.25) is 5.91 Å². The Labute approximate surface area is 144 Å². The van der Waals surface area contributed by atoms with Crippen LogP contribution in [-0.4, -0.2) is 54.1 Å². The number of nitrogens with zero attached hydrogens (tertiary/aromatic N) is 1. The number of rotatable bonds is 4. The fourth-order valence-electron chi connectivity index (χ4n) is 3.21. The number of nitrogens with one attached hydrogen (secondary N) is 2. The van der Waals surface area contributed by atoms with E-state index in [1.54, 1.807) is 0 Å². The van der Waals surface area contributed by atoms with Crippen molar-refractivity contribution >= 4 is 11.7 Å². The fraction of sp³-hybridized carbons (Fsp3) is 0.778. The van der Waals surface area contributed by atoms with E-state index in [-0.39, 0.29) is 23.5 Å². The van der Waals surface area contributed by atoms with Crippen LogP contribution in [0.15, 0.2) is 11.8 Å². The predicted octanol–water partition coefficient (Wildman–Crippen LogP) is 2.46. The molecule has 0 aromatic rings. The monoisotopic (exact) mass is 337 g/mol. The topological polar surface area (TPSA) is 85.7 Å². The van der Waals surface area contributed by atoms with E-state index in [2.05, 4.69) is 10.2 Å². The smallest absolute Gasteiger partial charge is 0.242 e. The molecular weight excluding hydrogens is 306 g/mol. The summed E-state index contributed by atoms with van der Waals surface area (Å²) in [5, 5.41) is 20.5. The molecule has 0 aliphatic carbocycles. The number of aliphatic hydroxyl groups is 1. The average Bonchev–Trinajstić information content (AvgIpc) is 2.95. The predicted molar refractivity (Wildman–Crippen MR) is 94.2 cm³/mol. The molecule has 2 saturated heterocycles. The zero-order chi connectivity index (χ0) is 17.7. The summed E-state index contributed by atoms with van der Waals surface area (Å²) in [6.45, 7) is 9.08. The van der Waals surface area contributed by atoms with Gasteiger partial charge in [0.05, 0.1) is 6.04 Å². The van der Waals surface area contributed by atoms with Crippen molar-refractivity contribution < 1.29 is 14.6 Å². The first-order chi connectivity index (χ1) is 11.3. The van der Waals surface area contributed by atoms with Gasteiger partial charge in [0, 0.05) is 31.2 Å². The van der Waals surface area contributed by atoms with Crippen LogP contribution in [0.25, 0.3) is 0 Å². The van der Waals surface area contributed by atoms with Crippen LogP contribution in [0.4, 0.5) is 0 Å². The molecule has 0 saturated carbocycles. The molecule has 2 heterocycles. The Hall–Kier alpha value is -1.40. The van der Waals surface area contributed by atoms with Crippen LogP contribution in [0.5, 0.6) is 0 Å². The van der Waals surface area contributed by atoms with Crippen LogP contribution in [-0.2, 0) is 9.53 Å². The lowest BCUT2D eigenvalue weighted by molar-refractivity contribution is -0.124. The highest BCUT2D eigenvalue weighted by atomic mass is 16.5. The van der Waals surface area contributed by atoms with Crippen molar-refractivity contribution in [2.24, 2.45) is 11.3 Å². The van der Waals surface area contributed by atoms with Crippen molar-refractivity contribution in [1.82, 2.24) is 10.2 Å². The standard InChI is InChI=1S/C18H31N3O3/c1-18(2,3)15(22)11-16(19)20-17(23)14-5-4-8-21(14)12-13-6-9-24-10-7-13/h11,13-14,22H,4-10,12H2,1-3H3,(H2,19,20,23)/b15-11-/t14-/m0/s1. The van der Waals surface area contributed by atoms with Crippen LogP contribution in [0.1, 0.15) is 46.5 Å². The number of hydrogen-bond donors (Lipinski definition) is 3. The molecule has 2 aliphatic rings. The van der Waals surface area contributed by atoms with E-state index in [4.69, 9.17) is 10.1 Å². The first-order valence-corrected chi connectivity index (χ1v) is 8.89. The zero-order valence-electron chi connectivity index (χ0n) is 15.1. The lowest BCUT2D eigenvalue weighted by Gasteiger charge is -2.30. The van der Waals surface area contributed by atoms with Crippen molar-refractivity contribution in [3.05, 3.63) is 11.8 Å². The number of likely N-dealkylation sites (tertiary alicyclic amines) is 1. The highest BCUT2D eigenvalue weighted by Gasteiger charge is 2.32. The molecule has 0 bridgehead atoms. The summed E-state index contributed by atoms with van der Waals surface area (Å²) in [7, 11) is 0. The summed E-state index contributed by atoms with van der Waals surface area (Å²) in [6, 6.07) is -0.168. The third kappa shape index (κ3) is 5.31. The van der Waals surface area contributed by atoms with Crippen molar-refractivity contribution in [2.75, 3.05) is 26.3 Å². The molecule has 0 aromatic heterocycles. The number of allylic oxidation sites excluding steroid dienone is 1. The van der Waals surface area contributed by atoms with E-state index in [0.29, 0.717) is 5.92 Å². The van der Waals surface area contributed by atoms with E-state index in [1.165, 1.54) is 6.08 Å². The first kappa shape index (κ1) is 18.9. The normalized spacial score (nSPS) is 24.1. The van der Waals surface area contributed by atoms with Crippen LogP contribution >= 0.6 is 0 Å². The Morgan fingerprint density at radius 1 is 1.33 bits per heavy atom. The van der Waals surface area contributed by atoms with E-state index in [1.807, 2.05) is 20.8 Å². The van der Waals surface area contributed by atoms with Crippen molar-refractivity contribution in [2.45, 2.75) is 52.5 Å². The number of amides is 1. The van der Waals surface area contributed by atoms with Gasteiger partial charge in [-0.3, -0.25) is 15.1 Å². The lowest BCUT2D eigenvalue weighted by Crippen LogP contribution is -2.46. The van der Waals surface area contributed by atoms with Crippen molar-refractivity contribution in [3.8, 4) is 0 Å². The molecule has 6 heteroatoms. The minimum absolute atomic E-state index is 0.0506. The Balaban J connectivity index is 1.89. The number of carbonyl (C=O) groups is 1. The highest BCUT2D eigenvalue weighted by molar-refractivity contribution is 6.04. The number of carbonyl (C=O) groups excluding carboxylic acids is 1. The minimum Gasteiger partial charge on any atom is -0.512 e. The molecule has 0 radical (unpaired) electrons. The second-order valence-electron chi connectivity index (χ2n) is 7.89. The number of amidine groups is 1. The molecule has 2 rings (SSSR count). The van der Waals surface area contributed by atoms with Crippen LogP contribution < -0.4 is 5.32 Å². The van der Waals surface area contributed by atoms with E-state index < -0.39 is 5.41 Å². The maximum Gasteiger partial charge on any atom is 0.242 e. The zero-order valence-corrected chi connectivity index (χ0v) is 15.1. The Morgan fingerprint density at radius 2 is 2.00 bits per heavy atom. The third-order valence-electron chi connectivity index (χ3n) is 4.81. The summed E-state index contributed by atoms with van der Waals surface area (Å²) in [5.74, 6) is 0.502. The Morgan fingerprint density at radius 3 is 2.62 bits per heavy atom. The summed E-state index contributed by atoms with van der Waals surface area (Å²) in [5.41, 5.74) is -0.431. The maximum atomic E-state index is 12.5. The maximum absolute atomic E-state index is 12.5. The molecule has 6 nitrogen and oxygen atoms in total. The summed E-state index contributed by atoms with van der Waals surface area (Å²) in [6.07, 6.45) is 5.29. The molecule has 0 aromatic carbocycles. The van der Waals surface area contributed by atoms with E-state index >= 15 is 0 Å². The molecule has 0 unspecified atom stereocenters. The van der Waals surface area contributed by atoms with Gasteiger partial charge in [-0.25, -0.2) is 0 Å². The van der Waals surface area contributed by atoms with Crippen LogP contribution in [0, 0.1) is 16.7 Å². The number of ether oxygens (including phenoxy) is 1. The van der Waals surface area contributed by atoms with Gasteiger partial charge in [-0.2, -0.15) is 0 Å². The van der Waals surface area contributed by atoms with Crippen LogP contribution in [0.3, 0.4) is 0 Å². The molecule has 1 amide bonds. The van der Waals surface area contributed by atoms with Gasteiger partial charge in [0.25, 0.3) is 0 Å². The Kier molecular flexibility index (Phi) is 6.40. The van der Waals surface area contributed by atoms with Crippen molar-refractivity contribution in [3.63, 3.8) is 0 Å². The van der Waals surface area contributed by atoms with E-state index in [9.17, 15) is 9.90 Å². The molecular formula is C18H31N3O3. The number of aliphatic hydroxyl groups excluding tert-OH is 1. The summed E-state index contributed by atoms with van der Waals surface area (Å²) < 4.78 is 5.40. The van der Waals surface area contributed by atoms with Gasteiger partial charge in [0.1, 0.15) is 11.6 Å². The second kappa shape index (κ2) is 8.12. The summed E-state index contributed by atoms with van der Waals surface area (Å²) >= 11 is 0. The third-order valence-corrected chi connectivity index (χ3v) is 4.81. The molecule has 0 spiro atoms. The largest absolute Gasteiger partial charge is 0.512 e. The second-order valence-corrected chi connectivity index (χ2v) is 7.89. The molecule has 3 N–H and O–H groups in total. The van der Waals surface area contributed by atoms with Crippen molar-refractivity contribution in [1.29, 1.82) is 5.41 Å². The van der Waals surface area contributed by atoms with Gasteiger partial charge < -0.3 is 15.2 Å². The van der Waals surface area contributed by atoms with Gasteiger partial charge >= 0.3 is 0 Å². The Bertz CT molecular complexity index is 490. The molecule has 2 aliphatic heterocycles. The number of hydrogen-bond acceptors (Lipinski definition) is 5. The van der Waals surface area contributed by atoms with Crippen LogP contribution in [0.2, 0.25) is 0 Å². The SMILES string of the molecule is CC(C)(C)/C(O)=C/C(=N)NC(=O)[C@@H]1CCCN1CC1CCOCC1. The quantitative estimate of drug-likeness (QED) is 0.418. The highest BCUT2D eigenvalue weighted by Crippen LogP contribution is 2.24. The fourth-order valence-corrected chi connectivity index (χ4v) is 3.21. The molecule has 1 atom stereocenters. The first-order valence-electron chi connectivity index (χ1n) is 8.89. The molecule has 2 fully saturated rings. The lowest BCUT2D eigenvalue weighted by atomic mass is 9.93. The minimum atomic E-state index is -0.431. The van der Waals surface area contributed by atoms with Gasteiger partial charge in [-0.15, -0.1) is 0 Å². The summed E-state index contributed by atoms with van der Waals surface area (Å²) in [4.78, 5) is 14.8.